The SMILES string of the molecule is Cn1c(=O)oc2ccc(NC(=O)C(c3ccc(Cl)cc3)C3CC3)cc21. The minimum Gasteiger partial charge on any atom is -0.408 e. The topological polar surface area (TPSA) is 64.2 Å². The van der Waals surface area contributed by atoms with Crippen molar-refractivity contribution in [1.29, 1.82) is 0 Å². The first-order valence-corrected chi connectivity index (χ1v) is 8.56. The van der Waals surface area contributed by atoms with Gasteiger partial charge in [0.15, 0.2) is 5.58 Å². The van der Waals surface area contributed by atoms with Crippen molar-refractivity contribution in [3.63, 3.8) is 0 Å². The Morgan fingerprint density at radius 1 is 1.24 bits per heavy atom. The van der Waals surface area contributed by atoms with E-state index in [1.807, 2.05) is 24.3 Å². The van der Waals surface area contributed by atoms with Gasteiger partial charge in [0.05, 0.1) is 11.4 Å². The summed E-state index contributed by atoms with van der Waals surface area (Å²) < 4.78 is 6.54. The van der Waals surface area contributed by atoms with Crippen LogP contribution in [0.25, 0.3) is 11.1 Å². The Kier molecular flexibility index (Phi) is 3.88. The van der Waals surface area contributed by atoms with Crippen molar-refractivity contribution in [2.75, 3.05) is 5.32 Å². The second kappa shape index (κ2) is 6.08. The number of halogens is 1. The van der Waals surface area contributed by atoms with Crippen molar-refractivity contribution in [2.45, 2.75) is 18.8 Å². The summed E-state index contributed by atoms with van der Waals surface area (Å²) in [4.78, 5) is 24.5. The Hall–Kier alpha value is -2.53. The zero-order chi connectivity index (χ0) is 17.6. The number of amides is 1. The highest BCUT2D eigenvalue weighted by Gasteiger charge is 2.37. The number of carbonyl (C=O) groups is 1. The molecule has 6 heteroatoms. The summed E-state index contributed by atoms with van der Waals surface area (Å²) in [6.07, 6.45) is 2.10. The summed E-state index contributed by atoms with van der Waals surface area (Å²) in [5.74, 6) is -0.294. The van der Waals surface area contributed by atoms with Gasteiger partial charge >= 0.3 is 5.76 Å². The van der Waals surface area contributed by atoms with Crippen LogP contribution in [0.3, 0.4) is 0 Å². The van der Waals surface area contributed by atoms with Crippen molar-refractivity contribution in [3.8, 4) is 0 Å². The third-order valence-corrected chi connectivity index (χ3v) is 4.92. The number of nitrogens with one attached hydrogen (secondary N) is 1. The second-order valence-electron chi connectivity index (χ2n) is 6.47. The van der Waals surface area contributed by atoms with Gasteiger partial charge in [0.2, 0.25) is 5.91 Å². The number of carbonyl (C=O) groups excluding carboxylic acids is 1. The molecule has 1 unspecified atom stereocenters. The Balaban J connectivity index is 1.62. The molecule has 0 aliphatic heterocycles. The molecule has 0 bridgehead atoms. The molecule has 1 aliphatic rings. The summed E-state index contributed by atoms with van der Waals surface area (Å²) >= 11 is 5.96. The number of hydrogen-bond acceptors (Lipinski definition) is 3. The van der Waals surface area contributed by atoms with Crippen LogP contribution in [0.15, 0.2) is 51.7 Å². The number of aryl methyl sites for hydroxylation is 1. The molecule has 3 aromatic rings. The van der Waals surface area contributed by atoms with Gasteiger partial charge in [-0.05, 0) is 54.7 Å². The van der Waals surface area contributed by atoms with Gasteiger partial charge in [-0.1, -0.05) is 23.7 Å². The number of anilines is 1. The van der Waals surface area contributed by atoms with Crippen LogP contribution in [0.5, 0.6) is 0 Å². The van der Waals surface area contributed by atoms with Crippen LogP contribution in [0.1, 0.15) is 24.3 Å². The van der Waals surface area contributed by atoms with E-state index in [4.69, 9.17) is 16.0 Å². The summed E-state index contributed by atoms with van der Waals surface area (Å²) in [5, 5.41) is 3.63. The number of oxazole rings is 1. The van der Waals surface area contributed by atoms with Crippen molar-refractivity contribution in [3.05, 3.63) is 63.6 Å². The summed E-state index contributed by atoms with van der Waals surface area (Å²) in [5.41, 5.74) is 2.77. The summed E-state index contributed by atoms with van der Waals surface area (Å²) in [7, 11) is 1.64. The first kappa shape index (κ1) is 16.0. The Morgan fingerprint density at radius 2 is 1.96 bits per heavy atom. The van der Waals surface area contributed by atoms with E-state index < -0.39 is 5.76 Å². The van der Waals surface area contributed by atoms with Crippen molar-refractivity contribution < 1.29 is 9.21 Å². The number of benzene rings is 2. The fraction of sp³-hybridized carbons (Fsp3) is 0.263. The maximum Gasteiger partial charge on any atom is 0.419 e. The molecule has 5 nitrogen and oxygen atoms in total. The van der Waals surface area contributed by atoms with Crippen LogP contribution in [0.4, 0.5) is 5.69 Å². The van der Waals surface area contributed by atoms with E-state index in [-0.39, 0.29) is 11.8 Å². The van der Waals surface area contributed by atoms with Crippen molar-refractivity contribution in [1.82, 2.24) is 4.57 Å². The molecule has 1 atom stereocenters. The third-order valence-electron chi connectivity index (χ3n) is 4.66. The van der Waals surface area contributed by atoms with Crippen LogP contribution in [-0.2, 0) is 11.8 Å². The number of hydrogen-bond donors (Lipinski definition) is 1. The fourth-order valence-corrected chi connectivity index (χ4v) is 3.29. The minimum atomic E-state index is -0.421. The standard InChI is InChI=1S/C19H17ClN2O3/c1-22-15-10-14(8-9-16(15)25-19(22)24)21-18(23)17(11-2-3-11)12-4-6-13(20)7-5-12/h4-11,17H,2-3H2,1H3,(H,21,23). The van der Waals surface area contributed by atoms with Gasteiger partial charge in [-0.2, -0.15) is 0 Å². The maximum atomic E-state index is 12.9. The van der Waals surface area contributed by atoms with Crippen molar-refractivity contribution in [2.24, 2.45) is 13.0 Å². The van der Waals surface area contributed by atoms with Gasteiger partial charge < -0.3 is 9.73 Å². The van der Waals surface area contributed by atoms with Crippen molar-refractivity contribution >= 4 is 34.3 Å². The van der Waals surface area contributed by atoms with Gasteiger partial charge in [0.25, 0.3) is 0 Å². The quantitative estimate of drug-likeness (QED) is 0.770. The van der Waals surface area contributed by atoms with Gasteiger partial charge in [0.1, 0.15) is 0 Å². The van der Waals surface area contributed by atoms with E-state index in [9.17, 15) is 9.59 Å². The molecule has 1 saturated carbocycles. The highest BCUT2D eigenvalue weighted by Crippen LogP contribution is 2.43. The lowest BCUT2D eigenvalue weighted by atomic mass is 9.93. The predicted molar refractivity (Wildman–Crippen MR) is 97.0 cm³/mol. The van der Waals surface area contributed by atoms with E-state index in [1.54, 1.807) is 25.2 Å². The molecule has 2 aromatic carbocycles. The van der Waals surface area contributed by atoms with E-state index in [0.29, 0.717) is 27.7 Å². The van der Waals surface area contributed by atoms with Gasteiger partial charge in [-0.15, -0.1) is 0 Å². The molecule has 4 rings (SSSR count). The smallest absolute Gasteiger partial charge is 0.408 e. The molecular formula is C19H17ClN2O3. The lowest BCUT2D eigenvalue weighted by Gasteiger charge is -2.17. The predicted octanol–water partition coefficient (Wildman–Crippen LogP) is 3.92. The molecule has 1 fully saturated rings. The maximum absolute atomic E-state index is 12.9. The summed E-state index contributed by atoms with van der Waals surface area (Å²) in [6.45, 7) is 0. The third kappa shape index (κ3) is 3.07. The van der Waals surface area contributed by atoms with Crippen LogP contribution < -0.4 is 11.1 Å². The Bertz CT molecular complexity index is 1000. The van der Waals surface area contributed by atoms with E-state index in [2.05, 4.69) is 5.32 Å². The van der Waals surface area contributed by atoms with Crippen LogP contribution in [0, 0.1) is 5.92 Å². The van der Waals surface area contributed by atoms with Crippen LogP contribution in [-0.4, -0.2) is 10.5 Å². The first-order chi connectivity index (χ1) is 12.0. The molecule has 1 aromatic heterocycles. The van der Waals surface area contributed by atoms with E-state index >= 15 is 0 Å². The fourth-order valence-electron chi connectivity index (χ4n) is 3.16. The molecule has 1 heterocycles. The average Bonchev–Trinajstić information content (AvgIpc) is 3.38. The zero-order valence-corrected chi connectivity index (χ0v) is 14.4. The Morgan fingerprint density at radius 3 is 2.64 bits per heavy atom. The van der Waals surface area contributed by atoms with Crippen LogP contribution >= 0.6 is 11.6 Å². The molecule has 1 aliphatic carbocycles. The average molecular weight is 357 g/mol. The number of rotatable bonds is 4. The lowest BCUT2D eigenvalue weighted by molar-refractivity contribution is -0.118. The van der Waals surface area contributed by atoms with Gasteiger partial charge in [-0.3, -0.25) is 9.36 Å². The monoisotopic (exact) mass is 356 g/mol. The van der Waals surface area contributed by atoms with E-state index in [0.717, 1.165) is 18.4 Å². The number of aromatic nitrogens is 1. The van der Waals surface area contributed by atoms with E-state index in [1.165, 1.54) is 4.57 Å². The molecule has 128 valence electrons. The molecule has 1 N–H and O–H groups in total. The number of fused-ring (bicyclic) bond motifs is 1. The first-order valence-electron chi connectivity index (χ1n) is 8.19. The van der Waals surface area contributed by atoms with Gasteiger partial charge in [-0.25, -0.2) is 4.79 Å². The molecule has 0 saturated heterocycles. The van der Waals surface area contributed by atoms with Crippen LogP contribution in [0.2, 0.25) is 5.02 Å². The molecule has 0 radical (unpaired) electrons. The lowest BCUT2D eigenvalue weighted by Crippen LogP contribution is -2.22. The highest BCUT2D eigenvalue weighted by atomic mass is 35.5. The molecule has 0 spiro atoms. The minimum absolute atomic E-state index is 0.0438. The molecule has 1 amide bonds. The second-order valence-corrected chi connectivity index (χ2v) is 6.90. The zero-order valence-electron chi connectivity index (χ0n) is 13.7. The van der Waals surface area contributed by atoms with Gasteiger partial charge in [0, 0.05) is 17.8 Å². The largest absolute Gasteiger partial charge is 0.419 e. The Labute approximate surface area is 149 Å². The normalized spacial score (nSPS) is 15.3. The molecular weight excluding hydrogens is 340 g/mol. The molecule has 25 heavy (non-hydrogen) atoms. The number of nitrogens with zero attached hydrogens (tertiary/aromatic N) is 1. The summed E-state index contributed by atoms with van der Waals surface area (Å²) in [6, 6.07) is 12.6. The highest BCUT2D eigenvalue weighted by molar-refractivity contribution is 6.30.